The average molecular weight is 340 g/mol. The van der Waals surface area contributed by atoms with Crippen LogP contribution in [0.25, 0.3) is 6.08 Å². The lowest BCUT2D eigenvalue weighted by molar-refractivity contribution is 0.405. The van der Waals surface area contributed by atoms with E-state index in [2.05, 4.69) is 55.4 Å². The highest BCUT2D eigenvalue weighted by atomic mass is 32.2. The van der Waals surface area contributed by atoms with Crippen molar-refractivity contribution in [1.29, 1.82) is 0 Å². The predicted octanol–water partition coefficient (Wildman–Crippen LogP) is 7.38. The van der Waals surface area contributed by atoms with E-state index in [4.69, 9.17) is 0 Å². The van der Waals surface area contributed by atoms with E-state index in [0.717, 1.165) is 21.1 Å². The Morgan fingerprint density at radius 1 is 1.04 bits per heavy atom. The Balaban J connectivity index is 2.02. The Morgan fingerprint density at radius 3 is 2.21 bits per heavy atom. The maximum atomic E-state index is 4.25. The van der Waals surface area contributed by atoms with Gasteiger partial charge in [-0.2, -0.15) is 0 Å². The molecule has 1 fully saturated rings. The Labute approximate surface area is 151 Å². The highest BCUT2D eigenvalue weighted by Gasteiger charge is 2.16. The van der Waals surface area contributed by atoms with Gasteiger partial charge in [-0.05, 0) is 66.9 Å². The number of hydrogen-bond donors (Lipinski definition) is 1. The lowest BCUT2D eigenvalue weighted by atomic mass is 9.87. The summed E-state index contributed by atoms with van der Waals surface area (Å²) in [5, 5.41) is 3.50. The Hall–Kier alpha value is -1.67. The van der Waals surface area contributed by atoms with E-state index in [1.54, 1.807) is 11.8 Å². The molecule has 24 heavy (non-hydrogen) atoms. The van der Waals surface area contributed by atoms with Crippen molar-refractivity contribution in [2.24, 2.45) is 5.92 Å². The average Bonchev–Trinajstić information content (AvgIpc) is 2.56. The van der Waals surface area contributed by atoms with Gasteiger partial charge in [-0.3, -0.25) is 0 Å². The molecule has 1 aliphatic rings. The van der Waals surface area contributed by atoms with Gasteiger partial charge in [0.15, 0.2) is 0 Å². The lowest BCUT2D eigenvalue weighted by Crippen LogP contribution is -2.14. The second kappa shape index (κ2) is 8.98. The number of anilines is 1. The largest absolute Gasteiger partial charge is 0.359 e. The molecule has 2 heteroatoms. The van der Waals surface area contributed by atoms with Crippen molar-refractivity contribution in [2.75, 3.05) is 5.32 Å². The zero-order valence-electron chi connectivity index (χ0n) is 15.0. The number of hydrogen-bond acceptors (Lipinski definition) is 2. The zero-order valence-corrected chi connectivity index (χ0v) is 15.8. The van der Waals surface area contributed by atoms with Crippen molar-refractivity contribution in [3.8, 4) is 0 Å². The summed E-state index contributed by atoms with van der Waals surface area (Å²) in [6.45, 7) is 16.3. The lowest BCUT2D eigenvalue weighted by Gasteiger charge is -2.24. The van der Waals surface area contributed by atoms with Crippen molar-refractivity contribution in [1.82, 2.24) is 0 Å². The number of benzene rings is 1. The molecule has 1 nitrogen and oxygen atoms in total. The second-order valence-corrected chi connectivity index (χ2v) is 8.04. The summed E-state index contributed by atoms with van der Waals surface area (Å²) >= 11 is 1.67. The fourth-order valence-corrected chi connectivity index (χ4v) is 3.72. The topological polar surface area (TPSA) is 12.0 Å². The van der Waals surface area contributed by atoms with Gasteiger partial charge in [0.25, 0.3) is 0 Å². The van der Waals surface area contributed by atoms with Crippen LogP contribution >= 0.6 is 11.8 Å². The molecule has 0 aromatic heterocycles. The van der Waals surface area contributed by atoms with E-state index in [-0.39, 0.29) is 0 Å². The quantitative estimate of drug-likeness (QED) is 0.520. The fourth-order valence-electron chi connectivity index (χ4n) is 2.98. The monoisotopic (exact) mass is 339 g/mol. The van der Waals surface area contributed by atoms with E-state index in [0.29, 0.717) is 5.92 Å². The molecule has 0 radical (unpaired) electrons. The first-order chi connectivity index (χ1) is 11.5. The molecular weight excluding hydrogens is 310 g/mol. The highest BCUT2D eigenvalue weighted by molar-refractivity contribution is 8.07. The first-order valence-electron chi connectivity index (χ1n) is 8.72. The van der Waals surface area contributed by atoms with Crippen molar-refractivity contribution >= 4 is 23.5 Å². The minimum atomic E-state index is 0.625. The van der Waals surface area contributed by atoms with Gasteiger partial charge in [0, 0.05) is 16.3 Å². The molecule has 1 aromatic rings. The molecule has 0 atom stereocenters. The fraction of sp³-hybridized carbons (Fsp3) is 0.364. The number of thioether (sulfide) groups is 1. The third kappa shape index (κ3) is 5.76. The Morgan fingerprint density at radius 2 is 1.67 bits per heavy atom. The van der Waals surface area contributed by atoms with Crippen LogP contribution in [0.5, 0.6) is 0 Å². The van der Waals surface area contributed by atoms with Crippen LogP contribution < -0.4 is 5.32 Å². The van der Waals surface area contributed by atoms with Crippen LogP contribution in [-0.4, -0.2) is 0 Å². The summed E-state index contributed by atoms with van der Waals surface area (Å²) in [5.41, 5.74) is 4.53. The predicted molar refractivity (Wildman–Crippen MR) is 111 cm³/mol. The number of nitrogens with one attached hydrogen (secondary N) is 1. The van der Waals surface area contributed by atoms with Crippen molar-refractivity contribution in [2.45, 2.75) is 46.0 Å². The highest BCUT2D eigenvalue weighted by Crippen LogP contribution is 2.32. The number of allylic oxidation sites excluding steroid dienone is 3. The normalized spacial score (nSPS) is 15.8. The van der Waals surface area contributed by atoms with Gasteiger partial charge in [0.2, 0.25) is 0 Å². The van der Waals surface area contributed by atoms with Gasteiger partial charge in [0.05, 0.1) is 0 Å². The summed E-state index contributed by atoms with van der Waals surface area (Å²) in [7, 11) is 0. The van der Waals surface area contributed by atoms with Crippen LogP contribution in [0.15, 0.2) is 65.1 Å². The van der Waals surface area contributed by atoms with Gasteiger partial charge in [-0.15, -0.1) is 0 Å². The van der Waals surface area contributed by atoms with Crippen LogP contribution in [0.1, 0.15) is 51.5 Å². The smallest absolute Gasteiger partial charge is 0.0382 e. The minimum Gasteiger partial charge on any atom is -0.359 e. The van der Waals surface area contributed by atoms with E-state index in [1.807, 2.05) is 13.8 Å². The molecule has 0 heterocycles. The van der Waals surface area contributed by atoms with Crippen molar-refractivity contribution < 1.29 is 0 Å². The molecule has 1 aromatic carbocycles. The standard InChI is InChI=1S/C22H29NS/c1-16(2)22(24-17(3)4)15-19-11-13-21(14-12-19)23-18(5)20-9-7-6-8-10-20/h11-15,20,23H,1,3,5-10H2,2,4H3/b22-15-. The molecular formula is C22H29NS. The van der Waals surface area contributed by atoms with Gasteiger partial charge in [-0.1, -0.05) is 62.9 Å². The van der Waals surface area contributed by atoms with Crippen LogP contribution in [0.3, 0.4) is 0 Å². The van der Waals surface area contributed by atoms with Crippen LogP contribution in [0, 0.1) is 5.92 Å². The van der Waals surface area contributed by atoms with Crippen LogP contribution in [0.4, 0.5) is 5.69 Å². The summed E-state index contributed by atoms with van der Waals surface area (Å²) < 4.78 is 0. The van der Waals surface area contributed by atoms with Gasteiger partial charge in [0.1, 0.15) is 0 Å². The van der Waals surface area contributed by atoms with E-state index >= 15 is 0 Å². The maximum Gasteiger partial charge on any atom is 0.0382 e. The Bertz CT molecular complexity index is 630. The first-order valence-corrected chi connectivity index (χ1v) is 9.54. The van der Waals surface area contributed by atoms with Gasteiger partial charge in [-0.25, -0.2) is 0 Å². The molecule has 0 spiro atoms. The summed E-state index contributed by atoms with van der Waals surface area (Å²) in [5.74, 6) is 0.625. The third-order valence-electron chi connectivity index (χ3n) is 4.32. The molecule has 0 bridgehead atoms. The molecule has 0 amide bonds. The molecule has 1 N–H and O–H groups in total. The SMILES string of the molecule is C=C(C)S/C(=C\c1ccc(NC(=C)C2CCCCC2)cc1)C(=C)C. The third-order valence-corrected chi connectivity index (χ3v) is 5.35. The van der Waals surface area contributed by atoms with Gasteiger partial charge >= 0.3 is 0 Å². The van der Waals surface area contributed by atoms with E-state index in [9.17, 15) is 0 Å². The summed E-state index contributed by atoms with van der Waals surface area (Å²) in [6.07, 6.45) is 8.75. The van der Waals surface area contributed by atoms with Crippen LogP contribution in [0.2, 0.25) is 0 Å². The molecule has 0 unspecified atom stereocenters. The molecule has 0 aliphatic heterocycles. The van der Waals surface area contributed by atoms with Gasteiger partial charge < -0.3 is 5.32 Å². The van der Waals surface area contributed by atoms with Crippen molar-refractivity contribution in [3.05, 3.63) is 70.6 Å². The molecule has 128 valence electrons. The molecule has 0 saturated heterocycles. The minimum absolute atomic E-state index is 0.625. The number of rotatable bonds is 7. The van der Waals surface area contributed by atoms with Crippen molar-refractivity contribution in [3.63, 3.8) is 0 Å². The van der Waals surface area contributed by atoms with E-state index < -0.39 is 0 Å². The Kier molecular flexibility index (Phi) is 6.99. The molecule has 1 saturated carbocycles. The summed E-state index contributed by atoms with van der Waals surface area (Å²) in [4.78, 5) is 2.24. The van der Waals surface area contributed by atoms with E-state index in [1.165, 1.54) is 43.4 Å². The molecule has 2 rings (SSSR count). The summed E-state index contributed by atoms with van der Waals surface area (Å²) in [6, 6.07) is 8.53. The first kappa shape index (κ1) is 18.7. The maximum absolute atomic E-state index is 4.25. The van der Waals surface area contributed by atoms with Crippen LogP contribution in [-0.2, 0) is 0 Å². The zero-order chi connectivity index (χ0) is 17.5. The molecule has 1 aliphatic carbocycles. The second-order valence-electron chi connectivity index (χ2n) is 6.70.